The number of pyridine rings is 1. The molecule has 1 aliphatic rings. The number of hydrogen-bond donors (Lipinski definition) is 1. The summed E-state index contributed by atoms with van der Waals surface area (Å²) >= 11 is 5.96. The second kappa shape index (κ2) is 5.67. The lowest BCUT2D eigenvalue weighted by atomic mass is 10.2. The number of rotatable bonds is 3. The topological polar surface area (TPSA) is 45.2 Å². The van der Waals surface area contributed by atoms with Gasteiger partial charge in [0.05, 0.1) is 12.1 Å². The lowest BCUT2D eigenvalue weighted by molar-refractivity contribution is -0.128. The van der Waals surface area contributed by atoms with Crippen LogP contribution in [0.5, 0.6) is 0 Å². The molecule has 3 rings (SSSR count). The van der Waals surface area contributed by atoms with Crippen molar-refractivity contribution in [1.82, 2.24) is 9.88 Å². The number of carbonyl (C=O) groups is 1. The summed E-state index contributed by atoms with van der Waals surface area (Å²) in [6.45, 7) is 2.09. The minimum atomic E-state index is 0.154. The van der Waals surface area contributed by atoms with Crippen LogP contribution in [0.4, 0.5) is 5.69 Å². The van der Waals surface area contributed by atoms with Gasteiger partial charge in [0.1, 0.15) is 0 Å². The highest BCUT2D eigenvalue weighted by atomic mass is 35.5. The summed E-state index contributed by atoms with van der Waals surface area (Å²) in [6.07, 6.45) is 3.95. The second-order valence-electron chi connectivity index (χ2n) is 4.96. The van der Waals surface area contributed by atoms with E-state index in [1.807, 2.05) is 29.2 Å². The Labute approximate surface area is 122 Å². The lowest BCUT2D eigenvalue weighted by Gasteiger charge is -2.16. The third kappa shape index (κ3) is 2.70. The quantitative estimate of drug-likeness (QED) is 0.945. The van der Waals surface area contributed by atoms with E-state index in [1.165, 1.54) is 0 Å². The fourth-order valence-electron chi connectivity index (χ4n) is 2.52. The molecule has 0 atom stereocenters. The van der Waals surface area contributed by atoms with Crippen molar-refractivity contribution in [2.75, 3.05) is 25.0 Å². The van der Waals surface area contributed by atoms with E-state index >= 15 is 0 Å². The molecule has 0 saturated carbocycles. The Morgan fingerprint density at radius 1 is 1.30 bits per heavy atom. The predicted octanol–water partition coefficient (Wildman–Crippen LogP) is 2.92. The maximum Gasteiger partial charge on any atom is 0.241 e. The minimum absolute atomic E-state index is 0.154. The number of amides is 1. The van der Waals surface area contributed by atoms with Crippen molar-refractivity contribution in [2.45, 2.75) is 12.8 Å². The van der Waals surface area contributed by atoms with E-state index in [0.717, 1.165) is 42.5 Å². The fourth-order valence-corrected chi connectivity index (χ4v) is 2.69. The molecular weight excluding hydrogens is 274 g/mol. The van der Waals surface area contributed by atoms with Gasteiger partial charge in [0.15, 0.2) is 0 Å². The zero-order valence-corrected chi connectivity index (χ0v) is 11.9. The number of fused-ring (bicyclic) bond motifs is 1. The fraction of sp³-hybridized carbons (Fsp3) is 0.333. The molecule has 1 aliphatic heterocycles. The molecule has 1 amide bonds. The third-order valence-electron chi connectivity index (χ3n) is 3.59. The highest BCUT2D eigenvalue weighted by Gasteiger charge is 2.17. The van der Waals surface area contributed by atoms with Gasteiger partial charge in [-0.25, -0.2) is 0 Å². The van der Waals surface area contributed by atoms with Gasteiger partial charge in [-0.1, -0.05) is 11.6 Å². The van der Waals surface area contributed by atoms with Crippen LogP contribution in [0.15, 0.2) is 30.5 Å². The third-order valence-corrected chi connectivity index (χ3v) is 3.83. The molecule has 0 spiro atoms. The normalized spacial score (nSPS) is 14.8. The Morgan fingerprint density at radius 3 is 2.90 bits per heavy atom. The summed E-state index contributed by atoms with van der Waals surface area (Å²) in [5, 5.41) is 4.85. The van der Waals surface area contributed by atoms with Crippen LogP contribution in [0, 0.1) is 0 Å². The minimum Gasteiger partial charge on any atom is -0.376 e. The van der Waals surface area contributed by atoms with Gasteiger partial charge >= 0.3 is 0 Å². The van der Waals surface area contributed by atoms with Crippen LogP contribution in [0.25, 0.3) is 10.9 Å². The summed E-state index contributed by atoms with van der Waals surface area (Å²) in [5.41, 5.74) is 1.75. The predicted molar refractivity (Wildman–Crippen MR) is 81.1 cm³/mol. The monoisotopic (exact) mass is 289 g/mol. The molecule has 0 unspecified atom stereocenters. The average Bonchev–Trinajstić information content (AvgIpc) is 2.98. The van der Waals surface area contributed by atoms with Crippen molar-refractivity contribution in [3.05, 3.63) is 35.5 Å². The van der Waals surface area contributed by atoms with Crippen LogP contribution in [0.1, 0.15) is 12.8 Å². The maximum atomic E-state index is 12.0. The molecule has 104 valence electrons. The van der Waals surface area contributed by atoms with Gasteiger partial charge in [-0.2, -0.15) is 0 Å². The number of anilines is 1. The zero-order chi connectivity index (χ0) is 13.9. The van der Waals surface area contributed by atoms with E-state index in [0.29, 0.717) is 11.6 Å². The zero-order valence-electron chi connectivity index (χ0n) is 11.1. The molecule has 2 heterocycles. The van der Waals surface area contributed by atoms with E-state index in [2.05, 4.69) is 10.3 Å². The van der Waals surface area contributed by atoms with Gasteiger partial charge in [0.2, 0.25) is 5.91 Å². The molecule has 20 heavy (non-hydrogen) atoms. The van der Waals surface area contributed by atoms with Gasteiger partial charge in [0, 0.05) is 35.4 Å². The first-order valence-corrected chi connectivity index (χ1v) is 7.18. The number of benzene rings is 1. The summed E-state index contributed by atoms with van der Waals surface area (Å²) < 4.78 is 0. The van der Waals surface area contributed by atoms with Crippen molar-refractivity contribution in [3.8, 4) is 0 Å². The van der Waals surface area contributed by atoms with Crippen LogP contribution < -0.4 is 5.32 Å². The van der Waals surface area contributed by atoms with Crippen LogP contribution >= 0.6 is 11.6 Å². The Bertz CT molecular complexity index is 638. The molecule has 1 fully saturated rings. The molecule has 0 radical (unpaired) electrons. The van der Waals surface area contributed by atoms with Crippen LogP contribution in [-0.4, -0.2) is 35.4 Å². The largest absolute Gasteiger partial charge is 0.376 e. The molecule has 4 nitrogen and oxygen atoms in total. The first-order chi connectivity index (χ1) is 9.74. The molecular formula is C15H16ClN3O. The molecule has 2 aromatic rings. The lowest BCUT2D eigenvalue weighted by Crippen LogP contribution is -2.33. The molecule has 1 N–H and O–H groups in total. The molecule has 1 aromatic carbocycles. The number of likely N-dealkylation sites (tertiary alicyclic amines) is 1. The van der Waals surface area contributed by atoms with E-state index in [4.69, 9.17) is 11.6 Å². The number of nitrogens with zero attached hydrogens (tertiary/aromatic N) is 2. The summed E-state index contributed by atoms with van der Waals surface area (Å²) in [6, 6.07) is 7.46. The number of hydrogen-bond acceptors (Lipinski definition) is 3. The Hall–Kier alpha value is -1.81. The maximum absolute atomic E-state index is 12.0. The van der Waals surface area contributed by atoms with E-state index in [1.54, 1.807) is 6.20 Å². The van der Waals surface area contributed by atoms with Crippen LogP contribution in [0.3, 0.4) is 0 Å². The number of aromatic nitrogens is 1. The van der Waals surface area contributed by atoms with Gasteiger partial charge < -0.3 is 10.2 Å². The molecule has 1 aromatic heterocycles. The SMILES string of the molecule is O=C(CNc1ccnc2cc(Cl)ccc12)N1CCCC1. The average molecular weight is 290 g/mol. The first kappa shape index (κ1) is 13.2. The highest BCUT2D eigenvalue weighted by molar-refractivity contribution is 6.31. The van der Waals surface area contributed by atoms with Crippen molar-refractivity contribution in [1.29, 1.82) is 0 Å². The van der Waals surface area contributed by atoms with Crippen LogP contribution in [0.2, 0.25) is 5.02 Å². The first-order valence-electron chi connectivity index (χ1n) is 6.80. The van der Waals surface area contributed by atoms with Crippen molar-refractivity contribution in [3.63, 3.8) is 0 Å². The number of halogens is 1. The van der Waals surface area contributed by atoms with Gasteiger partial charge in [-0.05, 0) is 37.1 Å². The van der Waals surface area contributed by atoms with E-state index in [-0.39, 0.29) is 5.91 Å². The molecule has 1 saturated heterocycles. The molecule has 5 heteroatoms. The highest BCUT2D eigenvalue weighted by Crippen LogP contribution is 2.24. The van der Waals surface area contributed by atoms with Crippen molar-refractivity contribution in [2.24, 2.45) is 0 Å². The van der Waals surface area contributed by atoms with E-state index < -0.39 is 0 Å². The second-order valence-corrected chi connectivity index (χ2v) is 5.40. The van der Waals surface area contributed by atoms with Gasteiger partial charge in [-0.3, -0.25) is 9.78 Å². The summed E-state index contributed by atoms with van der Waals surface area (Å²) in [4.78, 5) is 18.2. The summed E-state index contributed by atoms with van der Waals surface area (Å²) in [7, 11) is 0. The smallest absolute Gasteiger partial charge is 0.241 e. The number of carbonyl (C=O) groups excluding carboxylic acids is 1. The Balaban J connectivity index is 1.75. The van der Waals surface area contributed by atoms with Crippen LogP contribution in [-0.2, 0) is 4.79 Å². The standard InChI is InChI=1S/C15H16ClN3O/c16-11-3-4-12-13(5-6-17-14(12)9-11)18-10-15(20)19-7-1-2-8-19/h3-6,9H,1-2,7-8,10H2,(H,17,18). The Morgan fingerprint density at radius 2 is 2.10 bits per heavy atom. The van der Waals surface area contributed by atoms with Gasteiger partial charge in [0.25, 0.3) is 0 Å². The number of nitrogens with one attached hydrogen (secondary N) is 1. The van der Waals surface area contributed by atoms with E-state index in [9.17, 15) is 4.79 Å². The van der Waals surface area contributed by atoms with Crippen molar-refractivity contribution >= 4 is 34.1 Å². The molecule has 0 aliphatic carbocycles. The molecule has 0 bridgehead atoms. The van der Waals surface area contributed by atoms with Gasteiger partial charge in [-0.15, -0.1) is 0 Å². The summed E-state index contributed by atoms with van der Waals surface area (Å²) in [5.74, 6) is 0.154. The van der Waals surface area contributed by atoms with Crippen molar-refractivity contribution < 1.29 is 4.79 Å². The Kier molecular flexibility index (Phi) is 3.74.